The van der Waals surface area contributed by atoms with E-state index in [-0.39, 0.29) is 30.1 Å². The molecule has 3 saturated heterocycles. The Bertz CT molecular complexity index is 439. The average Bonchev–Trinajstić information content (AvgIpc) is 2.54. The topological polar surface area (TPSA) is 67.4 Å². The zero-order chi connectivity index (χ0) is 16.3. The normalized spacial score (nSPS) is 31.3. The Balaban J connectivity index is 1.35. The molecule has 4 aliphatic rings. The fourth-order valence-electron chi connectivity index (χ4n) is 4.71. The summed E-state index contributed by atoms with van der Waals surface area (Å²) in [6.45, 7) is 1.78. The van der Waals surface area contributed by atoms with Gasteiger partial charge < -0.3 is 0 Å². The Morgan fingerprint density at radius 1 is 1.04 bits per heavy atom. The number of amides is 2. The summed E-state index contributed by atoms with van der Waals surface area (Å²) >= 11 is 0. The van der Waals surface area contributed by atoms with Crippen LogP contribution in [0.15, 0.2) is 0 Å². The van der Waals surface area contributed by atoms with Crippen LogP contribution >= 0.6 is 7.41 Å². The molecule has 2 bridgehead atoms. The van der Waals surface area contributed by atoms with Gasteiger partial charge in [-0.05, 0) is 0 Å². The zero-order valence-electron chi connectivity index (χ0n) is 14.3. The van der Waals surface area contributed by atoms with Crippen molar-refractivity contribution in [1.82, 2.24) is 10.4 Å². The Hall–Kier alpha value is -0.670. The maximum absolute atomic E-state index is 12.2. The summed E-state index contributed by atoms with van der Waals surface area (Å²) in [5.74, 6) is 0.106. The van der Waals surface area contributed by atoms with E-state index in [0.29, 0.717) is 0 Å². The monoisotopic (exact) mass is 342 g/mol. The van der Waals surface area contributed by atoms with Gasteiger partial charge in [0.2, 0.25) is 0 Å². The van der Waals surface area contributed by atoms with Gasteiger partial charge in [0.25, 0.3) is 0 Å². The van der Waals surface area contributed by atoms with Gasteiger partial charge in [-0.2, -0.15) is 0 Å². The molecule has 4 rings (SSSR count). The Morgan fingerprint density at radius 2 is 1.61 bits per heavy atom. The third kappa shape index (κ3) is 4.24. The molecular weight excluding hydrogens is 311 g/mol. The first-order valence-electron chi connectivity index (χ1n) is 9.22. The first-order valence-corrected chi connectivity index (χ1v) is 11.8. The van der Waals surface area contributed by atoms with Crippen LogP contribution in [0.25, 0.3) is 0 Å². The molecule has 4 fully saturated rings. The quantitative estimate of drug-likeness (QED) is 0.753. The van der Waals surface area contributed by atoms with Crippen molar-refractivity contribution in [3.8, 4) is 0 Å². The van der Waals surface area contributed by atoms with Crippen LogP contribution in [0.3, 0.4) is 0 Å². The van der Waals surface area contributed by atoms with E-state index in [1.807, 2.05) is 0 Å². The minimum absolute atomic E-state index is 0.0317. The molecule has 5 nitrogen and oxygen atoms in total. The van der Waals surface area contributed by atoms with Crippen LogP contribution in [0, 0.1) is 0 Å². The number of carbonyl (C=O) groups is 2. The molecule has 0 atom stereocenters. The van der Waals surface area contributed by atoms with E-state index in [1.165, 1.54) is 38.5 Å². The second kappa shape index (κ2) is 7.06. The average molecular weight is 342 g/mol. The summed E-state index contributed by atoms with van der Waals surface area (Å²) < 4.78 is 5.90. The molecule has 1 aliphatic carbocycles. The van der Waals surface area contributed by atoms with Gasteiger partial charge in [0.1, 0.15) is 0 Å². The van der Waals surface area contributed by atoms with E-state index in [4.69, 9.17) is 4.74 Å². The van der Waals surface area contributed by atoms with Crippen molar-refractivity contribution in [2.45, 2.75) is 69.9 Å². The SMILES string of the molecule is CC(=O)NC12C[PH](NC(=O)COC3CCCCCCCC3)(C1)C2. The van der Waals surface area contributed by atoms with Gasteiger partial charge in [0.05, 0.1) is 0 Å². The van der Waals surface area contributed by atoms with Crippen LogP contribution in [0.4, 0.5) is 0 Å². The van der Waals surface area contributed by atoms with Crippen molar-refractivity contribution in [2.75, 3.05) is 25.1 Å². The molecule has 0 radical (unpaired) electrons. The van der Waals surface area contributed by atoms with Crippen LogP contribution in [-0.4, -0.2) is 48.5 Å². The summed E-state index contributed by atoms with van der Waals surface area (Å²) in [4.78, 5) is 23.3. The molecule has 3 heterocycles. The van der Waals surface area contributed by atoms with Crippen LogP contribution in [0.2, 0.25) is 0 Å². The van der Waals surface area contributed by atoms with Gasteiger partial charge in [-0.3, -0.25) is 0 Å². The van der Waals surface area contributed by atoms with Crippen LogP contribution in [0.1, 0.15) is 58.3 Å². The second-order valence-corrected chi connectivity index (χ2v) is 11.8. The Morgan fingerprint density at radius 3 is 2.17 bits per heavy atom. The van der Waals surface area contributed by atoms with Crippen LogP contribution in [0.5, 0.6) is 0 Å². The summed E-state index contributed by atoms with van der Waals surface area (Å²) in [6.07, 6.45) is 13.2. The summed E-state index contributed by atoms with van der Waals surface area (Å²) in [5, 5.41) is 6.30. The van der Waals surface area contributed by atoms with E-state index >= 15 is 0 Å². The van der Waals surface area contributed by atoms with E-state index < -0.39 is 7.41 Å². The predicted molar refractivity (Wildman–Crippen MR) is 94.3 cm³/mol. The molecular formula is C17H31N2O3P. The van der Waals surface area contributed by atoms with Gasteiger partial charge in [-0.15, -0.1) is 0 Å². The van der Waals surface area contributed by atoms with E-state index in [1.54, 1.807) is 6.92 Å². The third-order valence-corrected chi connectivity index (χ3v) is 10.5. The molecule has 0 spiro atoms. The molecule has 6 heteroatoms. The molecule has 0 aromatic heterocycles. The molecule has 23 heavy (non-hydrogen) atoms. The second-order valence-electron chi connectivity index (χ2n) is 7.95. The summed E-state index contributed by atoms with van der Waals surface area (Å²) in [7, 11) is -1.56. The molecule has 2 N–H and O–H groups in total. The van der Waals surface area contributed by atoms with E-state index in [0.717, 1.165) is 31.3 Å². The van der Waals surface area contributed by atoms with Crippen molar-refractivity contribution < 1.29 is 14.3 Å². The molecule has 0 unspecified atom stereocenters. The summed E-state index contributed by atoms with van der Waals surface area (Å²) in [6, 6.07) is 0. The number of rotatable bonds is 5. The van der Waals surface area contributed by atoms with Crippen molar-refractivity contribution in [2.24, 2.45) is 0 Å². The van der Waals surface area contributed by atoms with Crippen LogP contribution in [-0.2, 0) is 14.3 Å². The molecule has 0 aromatic carbocycles. The molecule has 132 valence electrons. The van der Waals surface area contributed by atoms with E-state index in [2.05, 4.69) is 10.4 Å². The Labute approximate surface area is 139 Å². The van der Waals surface area contributed by atoms with E-state index in [9.17, 15) is 9.59 Å². The maximum atomic E-state index is 12.2. The third-order valence-electron chi connectivity index (χ3n) is 5.63. The first-order chi connectivity index (χ1) is 11.0. The van der Waals surface area contributed by atoms with Crippen molar-refractivity contribution in [3.63, 3.8) is 0 Å². The van der Waals surface area contributed by atoms with Crippen LogP contribution < -0.4 is 10.4 Å². The fraction of sp³-hybridized carbons (Fsp3) is 0.882. The predicted octanol–water partition coefficient (Wildman–Crippen LogP) is 2.19. The van der Waals surface area contributed by atoms with Gasteiger partial charge >= 0.3 is 139 Å². The zero-order valence-corrected chi connectivity index (χ0v) is 15.3. The Kier molecular flexibility index (Phi) is 5.27. The number of hydrogen-bond acceptors (Lipinski definition) is 3. The minimum atomic E-state index is -1.56. The van der Waals surface area contributed by atoms with Crippen molar-refractivity contribution in [1.29, 1.82) is 0 Å². The standard InChI is InChI=1S/C17H31N2O3P/c1-14(20)18-17-11-23(12-17,13-17)19-16(21)10-22-15-8-6-4-2-3-5-7-9-15/h15,23H,2-13H2,1H3,(H,18,20)(H,19,21). The first kappa shape index (κ1) is 17.2. The number of carbonyl (C=O) groups excluding carboxylic acids is 2. The van der Waals surface area contributed by atoms with Gasteiger partial charge in [-0.25, -0.2) is 0 Å². The van der Waals surface area contributed by atoms with Gasteiger partial charge in [0, 0.05) is 0 Å². The fourth-order valence-corrected chi connectivity index (χ4v) is 9.48. The van der Waals surface area contributed by atoms with Gasteiger partial charge in [-0.1, -0.05) is 0 Å². The number of hydrogen-bond donors (Lipinski definition) is 2. The number of ether oxygens (including phenoxy) is 1. The number of nitrogens with one attached hydrogen (secondary N) is 2. The summed E-state index contributed by atoms with van der Waals surface area (Å²) in [5.41, 5.74) is 0.0317. The molecule has 0 aromatic rings. The van der Waals surface area contributed by atoms with Crippen molar-refractivity contribution >= 4 is 19.2 Å². The van der Waals surface area contributed by atoms with Gasteiger partial charge in [0.15, 0.2) is 0 Å². The molecule has 2 amide bonds. The molecule has 1 saturated carbocycles. The van der Waals surface area contributed by atoms with Crippen molar-refractivity contribution in [3.05, 3.63) is 0 Å². The molecule has 3 aliphatic heterocycles.